The number of anilines is 1. The molecule has 0 fully saturated rings. The molecule has 0 atom stereocenters. The number of halogens is 3. The summed E-state index contributed by atoms with van der Waals surface area (Å²) in [5.74, 6) is 1.06. The fourth-order valence-electron chi connectivity index (χ4n) is 2.55. The van der Waals surface area contributed by atoms with Gasteiger partial charge in [0.15, 0.2) is 5.96 Å². The molecule has 3 N–H and O–H groups in total. The van der Waals surface area contributed by atoms with Crippen molar-refractivity contribution in [2.24, 2.45) is 0 Å². The van der Waals surface area contributed by atoms with Gasteiger partial charge < -0.3 is 20.1 Å². The Morgan fingerprint density at radius 1 is 1.17 bits per heavy atom. The molecular weight excluding hydrogens is 385 g/mol. The number of hydrogen-bond acceptors (Lipinski definition) is 4. The maximum atomic E-state index is 12.6. The summed E-state index contributed by atoms with van der Waals surface area (Å²) in [6, 6.07) is 6.34. The zero-order valence-corrected chi connectivity index (χ0v) is 16.8. The first kappa shape index (κ1) is 22.3. The van der Waals surface area contributed by atoms with Crippen molar-refractivity contribution in [2.75, 3.05) is 19.0 Å². The number of aryl methyl sites for hydroxylation is 1. The molecule has 2 rings (SSSR count). The van der Waals surface area contributed by atoms with Gasteiger partial charge in [-0.3, -0.25) is 10.4 Å². The van der Waals surface area contributed by atoms with Crippen molar-refractivity contribution in [2.45, 2.75) is 39.0 Å². The molecule has 0 aliphatic heterocycles. The minimum atomic E-state index is -4.37. The Bertz CT molecular complexity index is 837. The predicted molar refractivity (Wildman–Crippen MR) is 106 cm³/mol. The van der Waals surface area contributed by atoms with E-state index in [2.05, 4.69) is 15.6 Å². The lowest BCUT2D eigenvalue weighted by molar-refractivity contribution is -0.137. The lowest BCUT2D eigenvalue weighted by Crippen LogP contribution is -2.37. The molecule has 0 aliphatic carbocycles. The van der Waals surface area contributed by atoms with Gasteiger partial charge in [-0.1, -0.05) is 0 Å². The largest absolute Gasteiger partial charge is 0.495 e. The number of pyridine rings is 1. The minimum absolute atomic E-state index is 0.0861. The van der Waals surface area contributed by atoms with E-state index in [1.807, 2.05) is 20.8 Å². The van der Waals surface area contributed by atoms with Crippen molar-refractivity contribution in [3.63, 3.8) is 0 Å². The van der Waals surface area contributed by atoms with Crippen LogP contribution >= 0.6 is 0 Å². The second-order valence-corrected chi connectivity index (χ2v) is 7.07. The lowest BCUT2D eigenvalue weighted by Gasteiger charge is -2.27. The minimum Gasteiger partial charge on any atom is -0.495 e. The van der Waals surface area contributed by atoms with E-state index in [-0.39, 0.29) is 5.96 Å². The van der Waals surface area contributed by atoms with E-state index >= 15 is 0 Å². The van der Waals surface area contributed by atoms with Crippen LogP contribution in [0.3, 0.4) is 0 Å². The first-order valence-corrected chi connectivity index (χ1v) is 8.96. The summed E-state index contributed by atoms with van der Waals surface area (Å²) in [4.78, 5) is 4.19. The summed E-state index contributed by atoms with van der Waals surface area (Å²) in [6.45, 7) is 5.91. The highest BCUT2D eigenvalue weighted by atomic mass is 19.4. The maximum Gasteiger partial charge on any atom is 0.416 e. The van der Waals surface area contributed by atoms with Gasteiger partial charge in [0.1, 0.15) is 17.1 Å². The highest BCUT2D eigenvalue weighted by molar-refractivity contribution is 5.91. The highest BCUT2D eigenvalue weighted by Crippen LogP contribution is 2.31. The van der Waals surface area contributed by atoms with Crippen molar-refractivity contribution >= 4 is 11.6 Å². The number of rotatable bonds is 7. The molecule has 158 valence electrons. The molecule has 1 heterocycles. The van der Waals surface area contributed by atoms with E-state index in [0.29, 0.717) is 30.2 Å². The van der Waals surface area contributed by atoms with Crippen LogP contribution in [-0.2, 0) is 6.18 Å². The number of aromatic nitrogens is 1. The van der Waals surface area contributed by atoms with E-state index < -0.39 is 17.3 Å². The number of methoxy groups -OCH3 is 1. The van der Waals surface area contributed by atoms with Crippen molar-refractivity contribution < 1.29 is 22.6 Å². The summed E-state index contributed by atoms with van der Waals surface area (Å²) in [7, 11) is 1.55. The normalized spacial score (nSPS) is 11.7. The third-order valence-corrected chi connectivity index (χ3v) is 4.13. The molecule has 0 aliphatic rings. The van der Waals surface area contributed by atoms with Gasteiger partial charge in [0.2, 0.25) is 0 Å². The number of benzene rings is 1. The molecule has 1 aromatic carbocycles. The topological polar surface area (TPSA) is 79.3 Å². The van der Waals surface area contributed by atoms with Crippen molar-refractivity contribution in [1.29, 1.82) is 5.41 Å². The van der Waals surface area contributed by atoms with Gasteiger partial charge in [0.05, 0.1) is 30.3 Å². The quantitative estimate of drug-likeness (QED) is 0.459. The molecule has 0 saturated heterocycles. The van der Waals surface area contributed by atoms with Crippen LogP contribution in [0, 0.1) is 12.3 Å². The van der Waals surface area contributed by atoms with Gasteiger partial charge >= 0.3 is 6.18 Å². The fraction of sp³-hybridized carbons (Fsp3) is 0.400. The molecule has 9 heteroatoms. The number of ether oxygens (including phenoxy) is 2. The van der Waals surface area contributed by atoms with Gasteiger partial charge in [0.25, 0.3) is 0 Å². The molecular formula is C20H25F3N4O2. The van der Waals surface area contributed by atoms with Gasteiger partial charge in [-0.15, -0.1) is 0 Å². The summed E-state index contributed by atoms with van der Waals surface area (Å²) in [5.41, 5.74) is 0.0118. The van der Waals surface area contributed by atoms with Gasteiger partial charge in [-0.2, -0.15) is 13.2 Å². The summed E-state index contributed by atoms with van der Waals surface area (Å²) in [6.07, 6.45) is -2.25. The number of hydrogen-bond donors (Lipinski definition) is 3. The molecule has 29 heavy (non-hydrogen) atoms. The zero-order valence-electron chi connectivity index (χ0n) is 16.8. The summed E-state index contributed by atoms with van der Waals surface area (Å²) >= 11 is 0. The first-order chi connectivity index (χ1) is 13.5. The Hall–Kier alpha value is -2.97. The first-order valence-electron chi connectivity index (χ1n) is 8.96. The molecule has 1 aromatic heterocycles. The van der Waals surface area contributed by atoms with Crippen molar-refractivity contribution in [3.05, 3.63) is 47.8 Å². The Morgan fingerprint density at radius 2 is 1.83 bits per heavy atom. The lowest BCUT2D eigenvalue weighted by atomic mass is 10.1. The van der Waals surface area contributed by atoms with Crippen molar-refractivity contribution in [3.8, 4) is 11.5 Å². The molecule has 6 nitrogen and oxygen atoms in total. The Balaban J connectivity index is 1.83. The molecule has 0 spiro atoms. The van der Waals surface area contributed by atoms with E-state index in [0.717, 1.165) is 17.8 Å². The van der Waals surface area contributed by atoms with Crippen LogP contribution in [0.5, 0.6) is 11.5 Å². The third kappa shape index (κ3) is 6.85. The van der Waals surface area contributed by atoms with E-state index in [1.54, 1.807) is 19.4 Å². The molecule has 0 bridgehead atoms. The summed E-state index contributed by atoms with van der Waals surface area (Å²) in [5, 5.41) is 13.8. The second-order valence-electron chi connectivity index (χ2n) is 7.07. The standard InChI is InChI=1S/C20H25F3N4O2/c1-13-17(28-4)11-15(12-26-13)27-18(24)25-10-9-19(2,3)29-16-7-5-14(6-8-16)20(21,22)23/h5-8,11-12H,9-10H2,1-4H3,(H3,24,25,27). The monoisotopic (exact) mass is 410 g/mol. The van der Waals surface area contributed by atoms with Crippen LogP contribution in [0.2, 0.25) is 0 Å². The van der Waals surface area contributed by atoms with E-state index in [9.17, 15) is 13.2 Å². The summed E-state index contributed by atoms with van der Waals surface area (Å²) < 4.78 is 48.9. The van der Waals surface area contributed by atoms with Gasteiger partial charge in [-0.25, -0.2) is 0 Å². The molecule has 2 aromatic rings. The fourth-order valence-corrected chi connectivity index (χ4v) is 2.55. The average molecular weight is 410 g/mol. The molecule has 0 saturated carbocycles. The second kappa shape index (κ2) is 9.02. The third-order valence-electron chi connectivity index (χ3n) is 4.13. The highest BCUT2D eigenvalue weighted by Gasteiger charge is 2.30. The van der Waals surface area contributed by atoms with E-state index in [4.69, 9.17) is 14.9 Å². The molecule has 0 amide bonds. The molecule has 0 unspecified atom stereocenters. The smallest absolute Gasteiger partial charge is 0.416 e. The zero-order chi connectivity index (χ0) is 21.7. The average Bonchev–Trinajstić information content (AvgIpc) is 2.62. The van der Waals surface area contributed by atoms with Crippen molar-refractivity contribution in [1.82, 2.24) is 10.3 Å². The predicted octanol–water partition coefficient (Wildman–Crippen LogP) is 4.60. The van der Waals surface area contributed by atoms with Crippen LogP contribution < -0.4 is 20.1 Å². The van der Waals surface area contributed by atoms with Crippen LogP contribution in [0.25, 0.3) is 0 Å². The number of nitrogens with zero attached hydrogens (tertiary/aromatic N) is 1. The van der Waals surface area contributed by atoms with Crippen LogP contribution in [0.15, 0.2) is 36.5 Å². The number of alkyl halides is 3. The Morgan fingerprint density at radius 3 is 2.41 bits per heavy atom. The van der Waals surface area contributed by atoms with E-state index in [1.165, 1.54) is 12.1 Å². The van der Waals surface area contributed by atoms with Crippen LogP contribution in [0.4, 0.5) is 18.9 Å². The van der Waals surface area contributed by atoms with Crippen LogP contribution in [0.1, 0.15) is 31.5 Å². The number of nitrogens with one attached hydrogen (secondary N) is 3. The van der Waals surface area contributed by atoms with Gasteiger partial charge in [-0.05, 0) is 45.0 Å². The van der Waals surface area contributed by atoms with Gasteiger partial charge in [0, 0.05) is 19.0 Å². The molecule has 0 radical (unpaired) electrons. The Labute approximate surface area is 168 Å². The maximum absolute atomic E-state index is 12.6. The van der Waals surface area contributed by atoms with Crippen LogP contribution in [-0.4, -0.2) is 30.2 Å². The SMILES string of the molecule is COc1cc(NC(=N)NCCC(C)(C)Oc2ccc(C(F)(F)F)cc2)cnc1C. The Kier molecular flexibility index (Phi) is 6.94. The number of guanidine groups is 1.